The van der Waals surface area contributed by atoms with Crippen molar-refractivity contribution in [2.24, 2.45) is 0 Å². The Morgan fingerprint density at radius 2 is 1.55 bits per heavy atom. The Morgan fingerprint density at radius 3 is 2.12 bits per heavy atom. The lowest BCUT2D eigenvalue weighted by Gasteiger charge is -2.35. The first kappa shape index (κ1) is 32.2. The number of aromatic hydroxyl groups is 1. The molecule has 2 atom stereocenters. The number of rotatable bonds is 10. The minimum absolute atomic E-state index is 0.0922. The van der Waals surface area contributed by atoms with E-state index < -0.39 is 35.6 Å². The Labute approximate surface area is 249 Å². The first-order chi connectivity index (χ1) is 19.8. The summed E-state index contributed by atoms with van der Waals surface area (Å²) in [6, 6.07) is 18.0. The van der Waals surface area contributed by atoms with Gasteiger partial charge in [0.25, 0.3) is 5.91 Å². The summed E-state index contributed by atoms with van der Waals surface area (Å²) in [6.45, 7) is 13.0. The van der Waals surface area contributed by atoms with Crippen molar-refractivity contribution in [1.29, 1.82) is 0 Å². The number of para-hydroxylation sites is 1. The standard InChI is InChI=1S/C34H43N3O5/c1-8-19-37(32(40)27(21-25-15-10-9-11-16-25)35-33(41)42-34(5,6)7)30(26-17-18-28(38)24(4)20-26)31(39)36-29-22(2)13-12-14-23(29)3/h9-18,20,27,30,38H,8,19,21H2,1-7H3,(H,35,41)(H,36,39). The average Bonchev–Trinajstić information content (AvgIpc) is 2.91. The number of aryl methyl sites for hydroxylation is 3. The van der Waals surface area contributed by atoms with Gasteiger partial charge < -0.3 is 25.4 Å². The first-order valence-electron chi connectivity index (χ1n) is 14.3. The second kappa shape index (κ2) is 14.0. The van der Waals surface area contributed by atoms with Crippen molar-refractivity contribution in [3.8, 4) is 5.75 Å². The highest BCUT2D eigenvalue weighted by Crippen LogP contribution is 2.30. The largest absolute Gasteiger partial charge is 0.508 e. The minimum atomic E-state index is -1.03. The van der Waals surface area contributed by atoms with E-state index in [1.54, 1.807) is 39.8 Å². The average molecular weight is 574 g/mol. The molecule has 2 unspecified atom stereocenters. The molecule has 0 saturated carbocycles. The molecular weight excluding hydrogens is 530 g/mol. The molecular formula is C34H43N3O5. The molecule has 0 heterocycles. The van der Waals surface area contributed by atoms with E-state index in [1.165, 1.54) is 11.0 Å². The summed E-state index contributed by atoms with van der Waals surface area (Å²) in [4.78, 5) is 43.0. The second-order valence-corrected chi connectivity index (χ2v) is 11.6. The van der Waals surface area contributed by atoms with Crippen molar-refractivity contribution in [1.82, 2.24) is 10.2 Å². The number of ether oxygens (including phenoxy) is 1. The third-order valence-electron chi connectivity index (χ3n) is 6.85. The molecule has 0 aromatic heterocycles. The van der Waals surface area contributed by atoms with E-state index in [-0.39, 0.29) is 18.7 Å². The number of amides is 3. The Bertz CT molecular complexity index is 1380. The molecule has 224 valence electrons. The smallest absolute Gasteiger partial charge is 0.408 e. The molecule has 0 spiro atoms. The van der Waals surface area contributed by atoms with Crippen LogP contribution in [0.2, 0.25) is 0 Å². The monoisotopic (exact) mass is 573 g/mol. The van der Waals surface area contributed by atoms with E-state index >= 15 is 0 Å². The molecule has 42 heavy (non-hydrogen) atoms. The quantitative estimate of drug-likeness (QED) is 0.261. The lowest BCUT2D eigenvalue weighted by atomic mass is 9.98. The molecule has 0 saturated heterocycles. The van der Waals surface area contributed by atoms with Crippen LogP contribution < -0.4 is 10.6 Å². The maximum absolute atomic E-state index is 14.4. The summed E-state index contributed by atoms with van der Waals surface area (Å²) in [6.07, 6.45) is 0.0599. The fraction of sp³-hybridized carbons (Fsp3) is 0.382. The van der Waals surface area contributed by atoms with Crippen LogP contribution in [0.15, 0.2) is 66.7 Å². The number of phenols is 1. The van der Waals surface area contributed by atoms with Crippen LogP contribution in [-0.4, -0.2) is 46.1 Å². The van der Waals surface area contributed by atoms with Crippen molar-refractivity contribution in [3.63, 3.8) is 0 Å². The summed E-state index contributed by atoms with van der Waals surface area (Å²) in [5.41, 5.74) is 3.68. The van der Waals surface area contributed by atoms with Crippen molar-refractivity contribution >= 4 is 23.6 Å². The van der Waals surface area contributed by atoms with Gasteiger partial charge in [-0.25, -0.2) is 4.79 Å². The number of anilines is 1. The van der Waals surface area contributed by atoms with Gasteiger partial charge in [-0.2, -0.15) is 0 Å². The van der Waals surface area contributed by atoms with Gasteiger partial charge in [0, 0.05) is 18.7 Å². The van der Waals surface area contributed by atoms with E-state index in [1.807, 2.05) is 69.3 Å². The molecule has 0 bridgehead atoms. The van der Waals surface area contributed by atoms with Crippen molar-refractivity contribution < 1.29 is 24.2 Å². The van der Waals surface area contributed by atoms with Crippen LogP contribution in [0.5, 0.6) is 5.75 Å². The Hall–Kier alpha value is -4.33. The van der Waals surface area contributed by atoms with Crippen molar-refractivity contribution in [2.75, 3.05) is 11.9 Å². The van der Waals surface area contributed by atoms with Crippen molar-refractivity contribution in [3.05, 3.63) is 94.5 Å². The lowest BCUT2D eigenvalue weighted by molar-refractivity contribution is -0.140. The molecule has 0 fully saturated rings. The van der Waals surface area contributed by atoms with Crippen LogP contribution in [0.3, 0.4) is 0 Å². The van der Waals surface area contributed by atoms with E-state index in [2.05, 4.69) is 10.6 Å². The molecule has 0 aliphatic carbocycles. The molecule has 3 N–H and O–H groups in total. The SMILES string of the molecule is CCCN(C(=O)C(Cc1ccccc1)NC(=O)OC(C)(C)C)C(C(=O)Nc1c(C)cccc1C)c1ccc(O)c(C)c1. The third-order valence-corrected chi connectivity index (χ3v) is 6.85. The van der Waals surface area contributed by atoms with Gasteiger partial charge in [-0.1, -0.05) is 61.5 Å². The first-order valence-corrected chi connectivity index (χ1v) is 14.3. The van der Waals surface area contributed by atoms with E-state index in [9.17, 15) is 19.5 Å². The van der Waals surface area contributed by atoms with Crippen LogP contribution in [0, 0.1) is 20.8 Å². The predicted molar refractivity (Wildman–Crippen MR) is 165 cm³/mol. The molecule has 3 aromatic carbocycles. The highest BCUT2D eigenvalue weighted by atomic mass is 16.6. The zero-order valence-electron chi connectivity index (χ0n) is 25.7. The van der Waals surface area contributed by atoms with Crippen LogP contribution in [0.25, 0.3) is 0 Å². The zero-order chi connectivity index (χ0) is 31.0. The maximum Gasteiger partial charge on any atom is 0.408 e. The minimum Gasteiger partial charge on any atom is -0.508 e. The number of nitrogens with one attached hydrogen (secondary N) is 2. The van der Waals surface area contributed by atoms with Crippen LogP contribution >= 0.6 is 0 Å². The van der Waals surface area contributed by atoms with Gasteiger partial charge in [0.05, 0.1) is 0 Å². The number of phenolic OH excluding ortho intramolecular Hbond substituents is 1. The Kier molecular flexibility index (Phi) is 10.8. The normalized spacial score (nSPS) is 12.6. The number of nitrogens with zero attached hydrogens (tertiary/aromatic N) is 1. The van der Waals surface area contributed by atoms with E-state index in [0.29, 0.717) is 23.2 Å². The summed E-state index contributed by atoms with van der Waals surface area (Å²) in [5, 5.41) is 16.1. The topological polar surface area (TPSA) is 108 Å². The van der Waals surface area contributed by atoms with Crippen LogP contribution in [0.4, 0.5) is 10.5 Å². The van der Waals surface area contributed by atoms with Crippen molar-refractivity contribution in [2.45, 2.75) is 79.0 Å². The van der Waals surface area contributed by atoms with Gasteiger partial charge in [0.2, 0.25) is 5.91 Å². The van der Waals surface area contributed by atoms with Crippen LogP contribution in [-0.2, 0) is 20.7 Å². The number of hydrogen-bond acceptors (Lipinski definition) is 5. The van der Waals surface area contributed by atoms with Gasteiger partial charge in [0.1, 0.15) is 23.4 Å². The molecule has 8 nitrogen and oxygen atoms in total. The molecule has 0 aliphatic rings. The molecule has 3 amide bonds. The zero-order valence-corrected chi connectivity index (χ0v) is 25.7. The summed E-state index contributed by atoms with van der Waals surface area (Å²) in [5.74, 6) is -0.719. The summed E-state index contributed by atoms with van der Waals surface area (Å²) in [7, 11) is 0. The fourth-order valence-electron chi connectivity index (χ4n) is 4.83. The predicted octanol–water partition coefficient (Wildman–Crippen LogP) is 6.37. The van der Waals surface area contributed by atoms with Gasteiger partial charge >= 0.3 is 6.09 Å². The fourth-order valence-corrected chi connectivity index (χ4v) is 4.83. The molecule has 3 aromatic rings. The lowest BCUT2D eigenvalue weighted by Crippen LogP contribution is -2.53. The van der Waals surface area contributed by atoms with Gasteiger partial charge in [-0.15, -0.1) is 0 Å². The molecule has 0 radical (unpaired) electrons. The van der Waals surface area contributed by atoms with E-state index in [0.717, 1.165) is 16.7 Å². The van der Waals surface area contributed by atoms with Gasteiger partial charge in [0.15, 0.2) is 0 Å². The highest BCUT2D eigenvalue weighted by molar-refractivity contribution is 6.00. The maximum atomic E-state index is 14.4. The number of alkyl carbamates (subject to hydrolysis) is 1. The number of carbonyl (C=O) groups excluding carboxylic acids is 3. The molecule has 0 aliphatic heterocycles. The summed E-state index contributed by atoms with van der Waals surface area (Å²) >= 11 is 0. The van der Waals surface area contributed by atoms with Gasteiger partial charge in [-0.3, -0.25) is 9.59 Å². The second-order valence-electron chi connectivity index (χ2n) is 11.6. The third kappa shape index (κ3) is 8.59. The molecule has 8 heteroatoms. The highest BCUT2D eigenvalue weighted by Gasteiger charge is 2.36. The number of hydrogen-bond donors (Lipinski definition) is 3. The Morgan fingerprint density at radius 1 is 0.905 bits per heavy atom. The Balaban J connectivity index is 2.09. The van der Waals surface area contributed by atoms with Gasteiger partial charge in [-0.05, 0) is 87.9 Å². The number of carbonyl (C=O) groups is 3. The van der Waals surface area contributed by atoms with Crippen LogP contribution in [0.1, 0.15) is 68.0 Å². The number of benzene rings is 3. The summed E-state index contributed by atoms with van der Waals surface area (Å²) < 4.78 is 5.49. The molecule has 3 rings (SSSR count). The van der Waals surface area contributed by atoms with E-state index in [4.69, 9.17) is 4.74 Å².